The second-order valence-corrected chi connectivity index (χ2v) is 5.44. The Morgan fingerprint density at radius 1 is 1.12 bits per heavy atom. The van der Waals surface area contributed by atoms with Crippen molar-refractivity contribution in [2.75, 3.05) is 21.1 Å². The van der Waals surface area contributed by atoms with Crippen molar-refractivity contribution in [2.45, 2.75) is 39.0 Å². The van der Waals surface area contributed by atoms with Gasteiger partial charge in [-0.25, -0.2) is 0 Å². The zero-order chi connectivity index (χ0) is 18.8. The Morgan fingerprint density at radius 3 is 2.52 bits per heavy atom. The number of hydrogen-bond donors (Lipinski definition) is 2. The van der Waals surface area contributed by atoms with Crippen LogP contribution in [-0.2, 0) is 0 Å². The van der Waals surface area contributed by atoms with Gasteiger partial charge in [-0.2, -0.15) is 0 Å². The first-order valence-electron chi connectivity index (χ1n) is 8.86. The Labute approximate surface area is 153 Å². The van der Waals surface area contributed by atoms with Crippen molar-refractivity contribution in [3.8, 4) is 0 Å². The van der Waals surface area contributed by atoms with E-state index in [0.29, 0.717) is 6.42 Å². The maximum absolute atomic E-state index is 4.53. The molecule has 0 aromatic rings. The van der Waals surface area contributed by atoms with Gasteiger partial charge in [0.1, 0.15) is 5.84 Å². The second-order valence-electron chi connectivity index (χ2n) is 5.44. The molecule has 0 aliphatic rings. The summed E-state index contributed by atoms with van der Waals surface area (Å²) in [6, 6.07) is 0. The summed E-state index contributed by atoms with van der Waals surface area (Å²) < 4.78 is 0. The average molecular weight is 343 g/mol. The summed E-state index contributed by atoms with van der Waals surface area (Å²) >= 11 is 0. The lowest BCUT2D eigenvalue weighted by Gasteiger charge is -2.06. The molecule has 4 nitrogen and oxygen atoms in total. The first-order valence-corrected chi connectivity index (χ1v) is 8.86. The Bertz CT molecular complexity index is 534. The minimum atomic E-state index is 0.711. The molecule has 0 aromatic heterocycles. The molecule has 0 fully saturated rings. The lowest BCUT2D eigenvalue weighted by atomic mass is 10.1. The largest absolute Gasteiger partial charge is 0.393 e. The first-order chi connectivity index (χ1) is 12.2. The van der Waals surface area contributed by atoms with Gasteiger partial charge in [0.25, 0.3) is 0 Å². The molecule has 2 N–H and O–H groups in total. The van der Waals surface area contributed by atoms with Crippen LogP contribution in [0.2, 0.25) is 0 Å². The molecular formula is C21H34N4. The fourth-order valence-corrected chi connectivity index (χ4v) is 2.05. The molecule has 0 aliphatic heterocycles. The normalized spacial score (nSPS) is 14.0. The Balaban J connectivity index is 4.93. The summed E-state index contributed by atoms with van der Waals surface area (Å²) in [5.74, 6) is 0.925. The molecule has 25 heavy (non-hydrogen) atoms. The average Bonchev–Trinajstić information content (AvgIpc) is 2.62. The lowest BCUT2D eigenvalue weighted by Crippen LogP contribution is -2.21. The van der Waals surface area contributed by atoms with Gasteiger partial charge in [0.15, 0.2) is 0 Å². The molecular weight excluding hydrogens is 308 g/mol. The highest BCUT2D eigenvalue weighted by atomic mass is 15.0. The highest BCUT2D eigenvalue weighted by molar-refractivity contribution is 6.04. The van der Waals surface area contributed by atoms with Gasteiger partial charge in [-0.1, -0.05) is 56.4 Å². The Morgan fingerprint density at radius 2 is 1.92 bits per heavy atom. The maximum atomic E-state index is 4.53. The highest BCUT2D eigenvalue weighted by Crippen LogP contribution is 2.08. The predicted octanol–water partition coefficient (Wildman–Crippen LogP) is 4.56. The molecule has 138 valence electrons. The molecule has 0 aromatic carbocycles. The Hall–Kier alpha value is -2.36. The molecule has 0 amide bonds. The summed E-state index contributed by atoms with van der Waals surface area (Å²) in [5, 5.41) is 6.05. The summed E-state index contributed by atoms with van der Waals surface area (Å²) in [4.78, 5) is 8.76. The molecule has 4 heteroatoms. The quantitative estimate of drug-likeness (QED) is 0.236. The van der Waals surface area contributed by atoms with Crippen molar-refractivity contribution in [1.29, 1.82) is 0 Å². The zero-order valence-corrected chi connectivity index (χ0v) is 16.3. The predicted molar refractivity (Wildman–Crippen MR) is 113 cm³/mol. The van der Waals surface area contributed by atoms with E-state index in [1.54, 1.807) is 13.2 Å². The SMILES string of the molecule is C=C/C=C(/C=C/CC(CC(=NC)NC)=N/C=C\NC)C/C=C\CCC. The molecule has 0 unspecified atom stereocenters. The first kappa shape index (κ1) is 22.6. The minimum absolute atomic E-state index is 0.711. The van der Waals surface area contributed by atoms with Crippen molar-refractivity contribution in [3.63, 3.8) is 0 Å². The summed E-state index contributed by atoms with van der Waals surface area (Å²) in [6.07, 6.45) is 21.0. The van der Waals surface area contributed by atoms with Crippen molar-refractivity contribution in [1.82, 2.24) is 10.6 Å². The number of unbranched alkanes of at least 4 members (excludes halogenated alkanes) is 1. The van der Waals surface area contributed by atoms with Crippen molar-refractivity contribution < 1.29 is 0 Å². The van der Waals surface area contributed by atoms with Crippen LogP contribution in [0, 0.1) is 0 Å². The van der Waals surface area contributed by atoms with Crippen molar-refractivity contribution in [2.24, 2.45) is 9.98 Å². The monoisotopic (exact) mass is 342 g/mol. The smallest absolute Gasteiger partial charge is 0.101 e. The third-order valence-electron chi connectivity index (χ3n) is 3.42. The molecule has 0 rings (SSSR count). The van der Waals surface area contributed by atoms with Gasteiger partial charge in [0, 0.05) is 52.1 Å². The van der Waals surface area contributed by atoms with E-state index >= 15 is 0 Å². The number of aliphatic imine (C=N–C) groups is 2. The highest BCUT2D eigenvalue weighted by Gasteiger charge is 2.02. The number of nitrogens with one attached hydrogen (secondary N) is 2. The van der Waals surface area contributed by atoms with E-state index in [-0.39, 0.29) is 0 Å². The second kappa shape index (κ2) is 16.5. The van der Waals surface area contributed by atoms with E-state index in [9.17, 15) is 0 Å². The van der Waals surface area contributed by atoms with Gasteiger partial charge in [-0.3, -0.25) is 9.98 Å². The summed E-state index contributed by atoms with van der Waals surface area (Å²) in [5.41, 5.74) is 2.29. The number of hydrogen-bond acceptors (Lipinski definition) is 3. The molecule has 0 spiro atoms. The fourth-order valence-electron chi connectivity index (χ4n) is 2.05. The molecule has 0 saturated heterocycles. The van der Waals surface area contributed by atoms with Gasteiger partial charge in [-0.05, 0) is 18.4 Å². The minimum Gasteiger partial charge on any atom is -0.393 e. The van der Waals surface area contributed by atoms with Crippen LogP contribution >= 0.6 is 0 Å². The maximum Gasteiger partial charge on any atom is 0.101 e. The topological polar surface area (TPSA) is 48.8 Å². The van der Waals surface area contributed by atoms with Gasteiger partial charge in [-0.15, -0.1) is 0 Å². The van der Waals surface area contributed by atoms with Crippen LogP contribution in [0.25, 0.3) is 0 Å². The van der Waals surface area contributed by atoms with E-state index in [1.807, 2.05) is 26.4 Å². The zero-order valence-electron chi connectivity index (χ0n) is 16.3. The number of nitrogens with zero attached hydrogens (tertiary/aromatic N) is 2. The van der Waals surface area contributed by atoms with E-state index in [1.165, 1.54) is 12.0 Å². The van der Waals surface area contributed by atoms with Crippen molar-refractivity contribution >= 4 is 11.5 Å². The molecule has 0 aliphatic carbocycles. The van der Waals surface area contributed by atoms with Crippen LogP contribution in [0.15, 0.2) is 71.0 Å². The van der Waals surface area contributed by atoms with Crippen LogP contribution in [0.4, 0.5) is 0 Å². The van der Waals surface area contributed by atoms with Gasteiger partial charge < -0.3 is 10.6 Å². The molecule has 0 heterocycles. The van der Waals surface area contributed by atoms with E-state index in [2.05, 4.69) is 64.5 Å². The van der Waals surface area contributed by atoms with Crippen molar-refractivity contribution in [3.05, 3.63) is 61.0 Å². The molecule has 0 bridgehead atoms. The van der Waals surface area contributed by atoms with Crippen LogP contribution < -0.4 is 10.6 Å². The van der Waals surface area contributed by atoms with E-state index in [0.717, 1.165) is 30.8 Å². The fraction of sp³-hybridized carbons (Fsp3) is 0.429. The number of amidine groups is 1. The van der Waals surface area contributed by atoms with E-state index in [4.69, 9.17) is 0 Å². The van der Waals surface area contributed by atoms with Crippen LogP contribution in [0.3, 0.4) is 0 Å². The molecule has 0 saturated carbocycles. The lowest BCUT2D eigenvalue weighted by molar-refractivity contribution is 0.953. The number of rotatable bonds is 12. The molecule has 0 radical (unpaired) electrons. The van der Waals surface area contributed by atoms with E-state index < -0.39 is 0 Å². The molecule has 0 atom stereocenters. The van der Waals surface area contributed by atoms with Gasteiger partial charge >= 0.3 is 0 Å². The third kappa shape index (κ3) is 12.7. The Kier molecular flexibility index (Phi) is 14.9. The summed E-state index contributed by atoms with van der Waals surface area (Å²) in [6.45, 7) is 5.99. The summed E-state index contributed by atoms with van der Waals surface area (Å²) in [7, 11) is 5.53. The third-order valence-corrected chi connectivity index (χ3v) is 3.42. The van der Waals surface area contributed by atoms with Crippen LogP contribution in [-0.4, -0.2) is 32.7 Å². The van der Waals surface area contributed by atoms with Crippen LogP contribution in [0.5, 0.6) is 0 Å². The van der Waals surface area contributed by atoms with Gasteiger partial charge in [0.05, 0.1) is 0 Å². The number of allylic oxidation sites excluding steroid dienone is 7. The van der Waals surface area contributed by atoms with Gasteiger partial charge in [0.2, 0.25) is 0 Å². The standard InChI is InChI=1S/C21H34N4/c1-6-8-9-10-13-19(12-7-2)14-11-15-20(25-17-16-22-3)18-21(23-4)24-5/h7,9-12,14,16-17,22H,2,6,8,13,15,18H2,1,3-5H3,(H,23,24)/b10-9-,14-11+,17-16-,19-12+,25-20?. The van der Waals surface area contributed by atoms with Crippen LogP contribution in [0.1, 0.15) is 39.0 Å².